The third-order valence-corrected chi connectivity index (χ3v) is 2.66. The topological polar surface area (TPSA) is 77.2 Å². The van der Waals surface area contributed by atoms with Crippen LogP contribution in [0.3, 0.4) is 0 Å². The largest absolute Gasteiger partial charge is 0.366 e. The average molecular weight is 231 g/mol. The Morgan fingerprint density at radius 3 is 2.20 bits per heavy atom. The number of carbonyl (C=O) groups is 1. The summed E-state index contributed by atoms with van der Waals surface area (Å²) in [7, 11) is -3.15. The minimum Gasteiger partial charge on any atom is -0.366 e. The van der Waals surface area contributed by atoms with Gasteiger partial charge in [0.15, 0.2) is 9.84 Å². The van der Waals surface area contributed by atoms with Gasteiger partial charge in [0.25, 0.3) is 0 Å². The van der Waals surface area contributed by atoms with Crippen molar-refractivity contribution in [1.29, 1.82) is 0 Å². The molecule has 0 saturated carbocycles. The number of hydrogen-bond acceptors (Lipinski definition) is 3. The van der Waals surface area contributed by atoms with E-state index in [-0.39, 0.29) is 5.75 Å². The maximum absolute atomic E-state index is 11.1. The Bertz CT molecular complexity index is 391. The second-order valence-electron chi connectivity index (χ2n) is 3.29. The molecule has 0 aliphatic carbocycles. The van der Waals surface area contributed by atoms with Crippen molar-refractivity contribution < 1.29 is 13.2 Å². The Balaban J connectivity index is 5.35. The summed E-state index contributed by atoms with van der Waals surface area (Å²) in [4.78, 5) is 11.1. The first-order chi connectivity index (χ1) is 6.81. The third-order valence-electron chi connectivity index (χ3n) is 1.82. The quantitative estimate of drug-likeness (QED) is 0.561. The van der Waals surface area contributed by atoms with Crippen LogP contribution in [0.2, 0.25) is 0 Å². The summed E-state index contributed by atoms with van der Waals surface area (Å²) >= 11 is 0. The van der Waals surface area contributed by atoms with E-state index in [1.165, 1.54) is 0 Å². The van der Waals surface area contributed by atoms with Crippen LogP contribution in [0.15, 0.2) is 23.3 Å². The summed E-state index contributed by atoms with van der Waals surface area (Å²) in [5, 5.41) is 0. The van der Waals surface area contributed by atoms with Crippen molar-refractivity contribution in [2.24, 2.45) is 5.73 Å². The molecule has 5 heteroatoms. The monoisotopic (exact) mass is 231 g/mol. The molecule has 0 fully saturated rings. The van der Waals surface area contributed by atoms with E-state index < -0.39 is 15.7 Å². The second kappa shape index (κ2) is 5.70. The lowest BCUT2D eigenvalue weighted by Gasteiger charge is -2.06. The fraction of sp³-hybridized carbons (Fsp3) is 0.500. The summed E-state index contributed by atoms with van der Waals surface area (Å²) in [5.41, 5.74) is 6.03. The molecule has 0 bridgehead atoms. The molecule has 0 radical (unpaired) electrons. The summed E-state index contributed by atoms with van der Waals surface area (Å²) in [6, 6.07) is 0. The number of rotatable bonds is 5. The van der Waals surface area contributed by atoms with Crippen molar-refractivity contribution in [2.75, 3.05) is 12.0 Å². The van der Waals surface area contributed by atoms with Crippen molar-refractivity contribution in [3.8, 4) is 0 Å². The molecule has 15 heavy (non-hydrogen) atoms. The minimum absolute atomic E-state index is 0.149. The number of hydrogen-bond donors (Lipinski definition) is 1. The lowest BCUT2D eigenvalue weighted by Crippen LogP contribution is -2.18. The Morgan fingerprint density at radius 2 is 1.93 bits per heavy atom. The third kappa shape index (κ3) is 5.37. The van der Waals surface area contributed by atoms with Crippen molar-refractivity contribution in [3.05, 3.63) is 23.3 Å². The van der Waals surface area contributed by atoms with Gasteiger partial charge < -0.3 is 5.73 Å². The van der Waals surface area contributed by atoms with Gasteiger partial charge in [0.2, 0.25) is 5.91 Å². The number of primary amides is 1. The Labute approximate surface area is 90.8 Å². The second-order valence-corrected chi connectivity index (χ2v) is 5.43. The van der Waals surface area contributed by atoms with Gasteiger partial charge >= 0.3 is 0 Å². The van der Waals surface area contributed by atoms with Crippen LogP contribution in [-0.4, -0.2) is 26.3 Å². The van der Waals surface area contributed by atoms with E-state index in [0.717, 1.165) is 6.26 Å². The molecule has 2 N–H and O–H groups in total. The highest BCUT2D eigenvalue weighted by atomic mass is 32.2. The van der Waals surface area contributed by atoms with Crippen molar-refractivity contribution in [2.45, 2.75) is 20.3 Å². The summed E-state index contributed by atoms with van der Waals surface area (Å²) < 4.78 is 22.3. The zero-order chi connectivity index (χ0) is 12.1. The van der Waals surface area contributed by atoms with Crippen LogP contribution in [0.25, 0.3) is 0 Å². The van der Waals surface area contributed by atoms with Crippen LogP contribution in [0.4, 0.5) is 0 Å². The molecule has 0 spiro atoms. The van der Waals surface area contributed by atoms with E-state index in [9.17, 15) is 13.2 Å². The molecule has 0 aliphatic heterocycles. The molecule has 0 atom stereocenters. The zero-order valence-corrected chi connectivity index (χ0v) is 10.1. The van der Waals surface area contributed by atoms with Gasteiger partial charge in [-0.2, -0.15) is 0 Å². The summed E-state index contributed by atoms with van der Waals surface area (Å²) in [6.45, 7) is 3.53. The van der Waals surface area contributed by atoms with Crippen molar-refractivity contribution in [3.63, 3.8) is 0 Å². The van der Waals surface area contributed by atoms with Crippen molar-refractivity contribution in [1.82, 2.24) is 0 Å². The lowest BCUT2D eigenvalue weighted by molar-refractivity contribution is -0.114. The number of amides is 1. The van der Waals surface area contributed by atoms with Gasteiger partial charge in [0.05, 0.1) is 5.75 Å². The summed E-state index contributed by atoms with van der Waals surface area (Å²) in [5.74, 6) is -0.710. The highest BCUT2D eigenvalue weighted by molar-refractivity contribution is 7.90. The molecule has 0 aromatic carbocycles. The van der Waals surface area contributed by atoms with E-state index in [2.05, 4.69) is 0 Å². The number of nitrogens with two attached hydrogens (primary N) is 1. The maximum Gasteiger partial charge on any atom is 0.244 e. The fourth-order valence-corrected chi connectivity index (χ4v) is 2.11. The maximum atomic E-state index is 11.1. The van der Waals surface area contributed by atoms with Gasteiger partial charge in [0.1, 0.15) is 0 Å². The Morgan fingerprint density at radius 1 is 1.40 bits per heavy atom. The minimum atomic E-state index is -3.15. The molecule has 0 rings (SSSR count). The van der Waals surface area contributed by atoms with E-state index >= 15 is 0 Å². The predicted octanol–water partition coefficient (Wildman–Crippen LogP) is 0.799. The van der Waals surface area contributed by atoms with Crippen molar-refractivity contribution >= 4 is 15.7 Å². The van der Waals surface area contributed by atoms with Crippen LogP contribution in [0, 0.1) is 0 Å². The van der Waals surface area contributed by atoms with Crippen LogP contribution >= 0.6 is 0 Å². The van der Waals surface area contributed by atoms with Crippen LogP contribution in [0.1, 0.15) is 20.3 Å². The van der Waals surface area contributed by atoms with Crippen LogP contribution in [-0.2, 0) is 14.6 Å². The molecule has 0 unspecified atom stereocenters. The van der Waals surface area contributed by atoms with E-state index in [0.29, 0.717) is 17.6 Å². The average Bonchev–Trinajstić information content (AvgIpc) is 2.01. The smallest absolute Gasteiger partial charge is 0.244 e. The molecule has 0 aromatic heterocycles. The zero-order valence-electron chi connectivity index (χ0n) is 9.28. The van der Waals surface area contributed by atoms with Crippen LogP contribution in [0.5, 0.6) is 0 Å². The van der Waals surface area contributed by atoms with Gasteiger partial charge in [0, 0.05) is 11.8 Å². The molecule has 1 amide bonds. The number of carbonyl (C=O) groups excluding carboxylic acids is 1. The molecular formula is C10H17NO3S. The number of sulfone groups is 1. The SMILES string of the molecule is C/C=C/C(CS(C)(=O)=O)=C(/CC)C(N)=O. The van der Waals surface area contributed by atoms with E-state index in [4.69, 9.17) is 5.73 Å². The van der Waals surface area contributed by atoms with Gasteiger partial charge in [-0.3, -0.25) is 4.79 Å². The van der Waals surface area contributed by atoms with E-state index in [1.54, 1.807) is 26.0 Å². The first kappa shape index (κ1) is 13.9. The molecule has 0 aliphatic rings. The van der Waals surface area contributed by atoms with Gasteiger partial charge in [-0.1, -0.05) is 19.1 Å². The first-order valence-corrected chi connectivity index (χ1v) is 6.70. The molecule has 0 heterocycles. The predicted molar refractivity (Wildman–Crippen MR) is 61.0 cm³/mol. The standard InChI is InChI=1S/C10H17NO3S/c1-4-6-8(7-15(3,13)14)9(5-2)10(11)12/h4,6H,5,7H2,1-3H3,(H2,11,12)/b6-4+,9-8+. The highest BCUT2D eigenvalue weighted by Crippen LogP contribution is 2.12. The Hall–Kier alpha value is -1.10. The number of allylic oxidation sites excluding steroid dienone is 2. The highest BCUT2D eigenvalue weighted by Gasteiger charge is 2.13. The Kier molecular flexibility index (Phi) is 5.28. The van der Waals surface area contributed by atoms with Gasteiger partial charge in [-0.25, -0.2) is 8.42 Å². The fourth-order valence-electron chi connectivity index (χ4n) is 1.28. The molecule has 4 nitrogen and oxygen atoms in total. The molecular weight excluding hydrogens is 214 g/mol. The van der Waals surface area contributed by atoms with Gasteiger partial charge in [-0.15, -0.1) is 0 Å². The molecule has 86 valence electrons. The first-order valence-electron chi connectivity index (χ1n) is 4.64. The molecule has 0 saturated heterocycles. The molecule has 0 aromatic rings. The summed E-state index contributed by atoms with van der Waals surface area (Å²) in [6.07, 6.45) is 4.87. The normalized spacial score (nSPS) is 14.1. The van der Waals surface area contributed by atoms with Crippen LogP contribution < -0.4 is 5.73 Å². The lowest BCUT2D eigenvalue weighted by atomic mass is 10.1. The van der Waals surface area contributed by atoms with Gasteiger partial charge in [-0.05, 0) is 18.9 Å². The van der Waals surface area contributed by atoms with E-state index in [1.807, 2.05) is 0 Å².